The van der Waals surface area contributed by atoms with Crippen molar-refractivity contribution in [3.63, 3.8) is 0 Å². The Morgan fingerprint density at radius 2 is 2.44 bits per heavy atom. The highest BCUT2D eigenvalue weighted by atomic mass is 32.2. The molecule has 1 fully saturated rings. The largest absolute Gasteiger partial charge is 0.468 e. The minimum absolute atomic E-state index is 0.172. The lowest BCUT2D eigenvalue weighted by atomic mass is 9.98. The Hall–Kier alpha value is -0.260. The number of aliphatic hydroxyl groups is 1. The molecule has 0 aliphatic heterocycles. The second-order valence-corrected chi connectivity index (χ2v) is 6.06. The summed E-state index contributed by atoms with van der Waals surface area (Å²) in [5, 5.41) is 12.8. The Morgan fingerprint density at radius 1 is 1.75 bits per heavy atom. The van der Waals surface area contributed by atoms with Crippen molar-refractivity contribution in [3.8, 4) is 0 Å². The molecule has 0 heterocycles. The first-order chi connectivity index (χ1) is 7.57. The van der Waals surface area contributed by atoms with Gasteiger partial charge < -0.3 is 15.2 Å². The lowest BCUT2D eigenvalue weighted by Crippen LogP contribution is -2.49. The summed E-state index contributed by atoms with van der Waals surface area (Å²) in [5.74, 6) is -0.172. The fraction of sp³-hybridized carbons (Fsp3) is 0.909. The van der Waals surface area contributed by atoms with Gasteiger partial charge in [-0.1, -0.05) is 6.92 Å². The van der Waals surface area contributed by atoms with Gasteiger partial charge in [0.25, 0.3) is 0 Å². The van der Waals surface area contributed by atoms with E-state index in [4.69, 9.17) is 9.84 Å². The van der Waals surface area contributed by atoms with Crippen LogP contribution in [0.1, 0.15) is 26.2 Å². The third kappa shape index (κ3) is 2.90. The summed E-state index contributed by atoms with van der Waals surface area (Å²) in [4.78, 5) is 11.7. The molecule has 4 nitrogen and oxygen atoms in total. The van der Waals surface area contributed by atoms with Crippen LogP contribution in [0, 0.1) is 0 Å². The minimum Gasteiger partial charge on any atom is -0.468 e. The maximum absolute atomic E-state index is 11.7. The number of carbonyl (C=O) groups is 1. The van der Waals surface area contributed by atoms with Crippen molar-refractivity contribution in [2.45, 2.75) is 42.2 Å². The van der Waals surface area contributed by atoms with Crippen LogP contribution in [-0.4, -0.2) is 47.9 Å². The van der Waals surface area contributed by atoms with Crippen molar-refractivity contribution in [3.05, 3.63) is 0 Å². The highest BCUT2D eigenvalue weighted by Gasteiger charge is 2.45. The van der Waals surface area contributed by atoms with Gasteiger partial charge in [-0.25, -0.2) is 0 Å². The van der Waals surface area contributed by atoms with Crippen LogP contribution in [0.2, 0.25) is 0 Å². The maximum atomic E-state index is 11.7. The lowest BCUT2D eigenvalue weighted by Gasteiger charge is -2.25. The van der Waals surface area contributed by atoms with Crippen molar-refractivity contribution < 1.29 is 14.6 Å². The Labute approximate surface area is 101 Å². The summed E-state index contributed by atoms with van der Waals surface area (Å²) in [6.07, 6.45) is 2.59. The van der Waals surface area contributed by atoms with E-state index in [1.54, 1.807) is 18.8 Å². The maximum Gasteiger partial charge on any atom is 0.326 e. The number of thioether (sulfide) groups is 1. The van der Waals surface area contributed by atoms with Gasteiger partial charge in [-0.2, -0.15) is 11.8 Å². The summed E-state index contributed by atoms with van der Waals surface area (Å²) in [5.41, 5.74) is -0.512. The van der Waals surface area contributed by atoms with Gasteiger partial charge in [-0.15, -0.1) is 0 Å². The number of aliphatic hydroxyl groups excluding tert-OH is 1. The van der Waals surface area contributed by atoms with Gasteiger partial charge in [0.2, 0.25) is 0 Å². The Morgan fingerprint density at radius 3 is 2.94 bits per heavy atom. The van der Waals surface area contributed by atoms with Gasteiger partial charge in [0.1, 0.15) is 5.54 Å². The monoisotopic (exact) mass is 247 g/mol. The number of hydrogen-bond acceptors (Lipinski definition) is 5. The number of rotatable bonds is 5. The molecule has 3 atom stereocenters. The molecule has 1 rings (SSSR count). The molecule has 3 unspecified atom stereocenters. The summed E-state index contributed by atoms with van der Waals surface area (Å²) in [7, 11) is 3.23. The Kier molecular flexibility index (Phi) is 5.08. The van der Waals surface area contributed by atoms with Crippen molar-refractivity contribution in [1.82, 2.24) is 5.32 Å². The number of nitrogens with one attached hydrogen (secondary N) is 1. The molecule has 1 saturated carbocycles. The molecule has 5 heteroatoms. The smallest absolute Gasteiger partial charge is 0.326 e. The third-order valence-corrected chi connectivity index (χ3v) is 4.61. The summed E-state index contributed by atoms with van der Waals surface area (Å²) in [6, 6.07) is 0. The molecule has 0 aromatic carbocycles. The molecule has 0 aromatic heterocycles. The van der Waals surface area contributed by atoms with Crippen LogP contribution in [0.3, 0.4) is 0 Å². The molecule has 1 aliphatic rings. The van der Waals surface area contributed by atoms with Crippen LogP contribution in [0.25, 0.3) is 0 Å². The molecule has 2 N–H and O–H groups in total. The van der Waals surface area contributed by atoms with Crippen LogP contribution >= 0.6 is 11.8 Å². The zero-order valence-electron chi connectivity index (χ0n) is 10.2. The minimum atomic E-state index is -0.512. The number of carbonyl (C=O) groups excluding carboxylic acids is 1. The zero-order chi connectivity index (χ0) is 12.2. The average molecular weight is 247 g/mol. The standard InChI is InChI=1S/C11H21NO3S/c1-8(7-13)16-9-4-5-11(6-9,12-2)10(14)15-3/h8-9,12-13H,4-7H2,1-3H3. The van der Waals surface area contributed by atoms with E-state index < -0.39 is 5.54 Å². The first-order valence-electron chi connectivity index (χ1n) is 5.61. The Bertz CT molecular complexity index is 249. The number of esters is 1. The highest BCUT2D eigenvalue weighted by molar-refractivity contribution is 8.00. The number of ether oxygens (including phenoxy) is 1. The van der Waals surface area contributed by atoms with Gasteiger partial charge in [0.15, 0.2) is 0 Å². The van der Waals surface area contributed by atoms with E-state index in [0.717, 1.165) is 19.3 Å². The fourth-order valence-corrected chi connectivity index (χ4v) is 3.58. The second kappa shape index (κ2) is 5.89. The molecule has 16 heavy (non-hydrogen) atoms. The summed E-state index contributed by atoms with van der Waals surface area (Å²) < 4.78 is 4.85. The van der Waals surface area contributed by atoms with Crippen molar-refractivity contribution >= 4 is 17.7 Å². The zero-order valence-corrected chi connectivity index (χ0v) is 11.0. The lowest BCUT2D eigenvalue weighted by molar-refractivity contribution is -0.148. The van der Waals surface area contributed by atoms with Gasteiger partial charge in [-0.05, 0) is 26.3 Å². The topological polar surface area (TPSA) is 58.6 Å². The van der Waals surface area contributed by atoms with Crippen LogP contribution in [-0.2, 0) is 9.53 Å². The molecule has 0 bridgehead atoms. The van der Waals surface area contributed by atoms with Crippen molar-refractivity contribution in [2.24, 2.45) is 0 Å². The summed E-state index contributed by atoms with van der Waals surface area (Å²) >= 11 is 1.75. The fourth-order valence-electron chi connectivity index (χ4n) is 2.20. The third-order valence-electron chi connectivity index (χ3n) is 3.21. The first kappa shape index (κ1) is 13.8. The Balaban J connectivity index is 2.57. The predicted octanol–water partition coefficient (Wildman–Crippen LogP) is 0.784. The molecule has 0 radical (unpaired) electrons. The molecular weight excluding hydrogens is 226 g/mol. The van der Waals surface area contributed by atoms with Gasteiger partial charge >= 0.3 is 5.97 Å². The van der Waals surface area contributed by atoms with Gasteiger partial charge in [0.05, 0.1) is 13.7 Å². The van der Waals surface area contributed by atoms with E-state index in [1.165, 1.54) is 7.11 Å². The van der Waals surface area contributed by atoms with Crippen LogP contribution in [0.5, 0.6) is 0 Å². The normalized spacial score (nSPS) is 31.4. The number of likely N-dealkylation sites (N-methyl/N-ethyl adjacent to an activating group) is 1. The SMILES string of the molecule is CNC1(C(=O)OC)CCC(SC(C)CO)C1. The molecule has 0 aromatic rings. The van der Waals surface area contributed by atoms with E-state index in [1.807, 2.05) is 6.92 Å². The van der Waals surface area contributed by atoms with E-state index in [9.17, 15) is 4.79 Å². The van der Waals surface area contributed by atoms with Crippen LogP contribution in [0.4, 0.5) is 0 Å². The summed E-state index contributed by atoms with van der Waals surface area (Å²) in [6.45, 7) is 2.19. The molecule has 0 spiro atoms. The molecule has 1 aliphatic carbocycles. The van der Waals surface area contributed by atoms with Crippen molar-refractivity contribution in [1.29, 1.82) is 0 Å². The molecule has 94 valence electrons. The quantitative estimate of drug-likeness (QED) is 0.703. The average Bonchev–Trinajstić information content (AvgIpc) is 2.72. The first-order valence-corrected chi connectivity index (χ1v) is 6.56. The van der Waals surface area contributed by atoms with Gasteiger partial charge in [-0.3, -0.25) is 4.79 Å². The molecule has 0 saturated heterocycles. The predicted molar refractivity (Wildman–Crippen MR) is 65.6 cm³/mol. The van der Waals surface area contributed by atoms with Gasteiger partial charge in [0, 0.05) is 10.5 Å². The number of hydrogen-bond donors (Lipinski definition) is 2. The highest BCUT2D eigenvalue weighted by Crippen LogP contribution is 2.39. The van der Waals surface area contributed by atoms with Crippen LogP contribution in [0.15, 0.2) is 0 Å². The van der Waals surface area contributed by atoms with E-state index in [2.05, 4.69) is 5.32 Å². The molecule has 0 amide bonds. The molecular formula is C11H21NO3S. The van der Waals surface area contributed by atoms with E-state index in [0.29, 0.717) is 5.25 Å². The second-order valence-electron chi connectivity index (χ2n) is 4.32. The van der Waals surface area contributed by atoms with Crippen LogP contribution < -0.4 is 5.32 Å². The van der Waals surface area contributed by atoms with E-state index >= 15 is 0 Å². The van der Waals surface area contributed by atoms with Crippen molar-refractivity contribution in [2.75, 3.05) is 20.8 Å². The number of methoxy groups -OCH3 is 1. The van der Waals surface area contributed by atoms with E-state index in [-0.39, 0.29) is 17.8 Å².